The van der Waals surface area contributed by atoms with Crippen molar-refractivity contribution in [3.63, 3.8) is 0 Å². The van der Waals surface area contributed by atoms with Crippen LogP contribution in [-0.2, 0) is 5.54 Å². The number of carbonyl (C=O) groups excluding carboxylic acids is 1. The molecular weight excluding hydrogens is 340 g/mol. The Hall–Kier alpha value is -2.97. The van der Waals surface area contributed by atoms with Crippen LogP contribution < -0.4 is 10.1 Å². The minimum absolute atomic E-state index is 0.137. The van der Waals surface area contributed by atoms with Crippen molar-refractivity contribution < 1.29 is 19.0 Å². The van der Waals surface area contributed by atoms with Gasteiger partial charge in [-0.05, 0) is 31.9 Å². The van der Waals surface area contributed by atoms with E-state index in [1.165, 1.54) is 18.2 Å². The molecule has 0 spiro atoms. The lowest BCUT2D eigenvalue weighted by Gasteiger charge is -2.26. The number of benzene rings is 1. The van der Waals surface area contributed by atoms with E-state index < -0.39 is 16.4 Å². The van der Waals surface area contributed by atoms with Crippen LogP contribution in [0.15, 0.2) is 22.7 Å². The Morgan fingerprint density at radius 1 is 1.42 bits per heavy atom. The minimum Gasteiger partial charge on any atom is -0.487 e. The van der Waals surface area contributed by atoms with Gasteiger partial charge < -0.3 is 14.6 Å². The highest BCUT2D eigenvalue weighted by atomic mass is 16.6. The van der Waals surface area contributed by atoms with Gasteiger partial charge in [-0.1, -0.05) is 18.0 Å². The van der Waals surface area contributed by atoms with Crippen LogP contribution in [0.5, 0.6) is 5.75 Å². The topological polar surface area (TPSA) is 120 Å². The van der Waals surface area contributed by atoms with Gasteiger partial charge in [-0.3, -0.25) is 14.9 Å². The largest absolute Gasteiger partial charge is 0.487 e. The molecule has 2 aromatic rings. The molecule has 1 saturated carbocycles. The van der Waals surface area contributed by atoms with Gasteiger partial charge in [-0.2, -0.15) is 4.98 Å². The summed E-state index contributed by atoms with van der Waals surface area (Å²) in [7, 11) is 0. The fourth-order valence-corrected chi connectivity index (χ4v) is 3.25. The fourth-order valence-electron chi connectivity index (χ4n) is 3.25. The molecule has 3 rings (SSSR count). The Balaban J connectivity index is 1.89. The monoisotopic (exact) mass is 360 g/mol. The Bertz CT molecular complexity index is 826. The van der Waals surface area contributed by atoms with E-state index in [0.29, 0.717) is 31.2 Å². The number of ether oxygens (including phenoxy) is 1. The van der Waals surface area contributed by atoms with Gasteiger partial charge in [0.05, 0.1) is 11.5 Å². The second kappa shape index (κ2) is 7.11. The molecule has 0 atom stereocenters. The molecule has 0 aliphatic heterocycles. The van der Waals surface area contributed by atoms with Crippen LogP contribution >= 0.6 is 0 Å². The van der Waals surface area contributed by atoms with E-state index in [-0.39, 0.29) is 17.0 Å². The Kier molecular flexibility index (Phi) is 4.88. The molecule has 1 N–H and O–H groups in total. The van der Waals surface area contributed by atoms with Crippen molar-refractivity contribution in [3.8, 4) is 5.75 Å². The third kappa shape index (κ3) is 3.37. The van der Waals surface area contributed by atoms with Crippen LogP contribution in [0.3, 0.4) is 0 Å². The Morgan fingerprint density at radius 3 is 2.73 bits per heavy atom. The highest BCUT2D eigenvalue weighted by Gasteiger charge is 2.41. The molecule has 1 aromatic heterocycles. The van der Waals surface area contributed by atoms with Crippen LogP contribution in [0.4, 0.5) is 5.69 Å². The quantitative estimate of drug-likeness (QED) is 0.621. The minimum atomic E-state index is -0.706. The molecule has 0 saturated heterocycles. The number of hydrogen-bond donors (Lipinski definition) is 1. The molecule has 1 aliphatic rings. The highest BCUT2D eigenvalue weighted by Crippen LogP contribution is 2.38. The van der Waals surface area contributed by atoms with Crippen LogP contribution in [0.25, 0.3) is 0 Å². The molecule has 1 fully saturated rings. The molecule has 1 amide bonds. The second-order valence-corrected chi connectivity index (χ2v) is 6.25. The molecule has 138 valence electrons. The average molecular weight is 360 g/mol. The SMILES string of the molecule is CCOc1ccc(C(=O)NC2(c3noc(C)n3)CCCC2)cc1[N+](=O)[O-]. The standard InChI is InChI=1S/C17H20N4O5/c1-3-25-14-7-6-12(10-13(14)21(23)24)15(22)19-17(8-4-5-9-17)16-18-11(2)26-20-16/h6-7,10H,3-5,8-9H2,1-2H3,(H,19,22). The Labute approximate surface area is 149 Å². The molecule has 26 heavy (non-hydrogen) atoms. The molecule has 0 unspecified atom stereocenters. The van der Waals surface area contributed by atoms with E-state index >= 15 is 0 Å². The zero-order valence-electron chi connectivity index (χ0n) is 14.7. The van der Waals surface area contributed by atoms with Crippen LogP contribution in [-0.4, -0.2) is 27.6 Å². The summed E-state index contributed by atoms with van der Waals surface area (Å²) in [4.78, 5) is 27.7. The summed E-state index contributed by atoms with van der Waals surface area (Å²) in [6.07, 6.45) is 3.24. The van der Waals surface area contributed by atoms with E-state index in [0.717, 1.165) is 12.8 Å². The third-order valence-corrected chi connectivity index (χ3v) is 4.48. The number of nitrogens with zero attached hydrogens (tertiary/aromatic N) is 3. The molecular formula is C17H20N4O5. The van der Waals surface area contributed by atoms with Gasteiger partial charge in [0.15, 0.2) is 11.6 Å². The smallest absolute Gasteiger partial charge is 0.311 e. The number of nitrogens with one attached hydrogen (secondary N) is 1. The summed E-state index contributed by atoms with van der Waals surface area (Å²) in [5.74, 6) is 0.595. The lowest BCUT2D eigenvalue weighted by molar-refractivity contribution is -0.385. The number of rotatable bonds is 6. The summed E-state index contributed by atoms with van der Waals surface area (Å²) in [5, 5.41) is 18.2. The molecule has 1 aromatic carbocycles. The number of hydrogen-bond acceptors (Lipinski definition) is 7. The highest BCUT2D eigenvalue weighted by molar-refractivity contribution is 5.95. The van der Waals surface area contributed by atoms with Gasteiger partial charge in [0, 0.05) is 18.6 Å². The van der Waals surface area contributed by atoms with Gasteiger partial charge in [0.2, 0.25) is 5.89 Å². The normalized spacial score (nSPS) is 15.6. The van der Waals surface area contributed by atoms with Gasteiger partial charge in [-0.15, -0.1) is 0 Å². The number of nitro benzene ring substituents is 1. The second-order valence-electron chi connectivity index (χ2n) is 6.25. The van der Waals surface area contributed by atoms with Gasteiger partial charge >= 0.3 is 5.69 Å². The zero-order valence-corrected chi connectivity index (χ0v) is 14.7. The van der Waals surface area contributed by atoms with E-state index in [1.54, 1.807) is 13.8 Å². The first-order valence-electron chi connectivity index (χ1n) is 8.50. The van der Waals surface area contributed by atoms with Gasteiger partial charge in [-0.25, -0.2) is 0 Å². The number of nitro groups is 1. The van der Waals surface area contributed by atoms with Crippen molar-refractivity contribution in [2.75, 3.05) is 6.61 Å². The first kappa shape index (κ1) is 17.8. The van der Waals surface area contributed by atoms with Crippen molar-refractivity contribution in [2.45, 2.75) is 45.1 Å². The van der Waals surface area contributed by atoms with Crippen molar-refractivity contribution in [1.29, 1.82) is 0 Å². The summed E-state index contributed by atoms with van der Waals surface area (Å²) in [6, 6.07) is 4.18. The number of amides is 1. The number of aromatic nitrogens is 2. The maximum Gasteiger partial charge on any atom is 0.311 e. The maximum atomic E-state index is 12.8. The first-order chi connectivity index (χ1) is 12.4. The van der Waals surface area contributed by atoms with Gasteiger partial charge in [0.1, 0.15) is 5.54 Å². The lowest BCUT2D eigenvalue weighted by Crippen LogP contribution is -2.44. The lowest BCUT2D eigenvalue weighted by atomic mass is 9.95. The van der Waals surface area contributed by atoms with Crippen LogP contribution in [0, 0.1) is 17.0 Å². The molecule has 0 radical (unpaired) electrons. The molecule has 1 heterocycles. The molecule has 1 aliphatic carbocycles. The fraction of sp³-hybridized carbons (Fsp3) is 0.471. The van der Waals surface area contributed by atoms with Crippen LogP contribution in [0.2, 0.25) is 0 Å². The summed E-state index contributed by atoms with van der Waals surface area (Å²) in [6.45, 7) is 3.73. The predicted molar refractivity (Wildman–Crippen MR) is 90.9 cm³/mol. The van der Waals surface area contributed by atoms with E-state index in [9.17, 15) is 14.9 Å². The summed E-state index contributed by atoms with van der Waals surface area (Å²) < 4.78 is 10.3. The van der Waals surface area contributed by atoms with Crippen molar-refractivity contribution in [3.05, 3.63) is 45.6 Å². The summed E-state index contributed by atoms with van der Waals surface area (Å²) >= 11 is 0. The molecule has 9 heteroatoms. The number of aryl methyl sites for hydroxylation is 1. The third-order valence-electron chi connectivity index (χ3n) is 4.48. The molecule has 9 nitrogen and oxygen atoms in total. The Morgan fingerprint density at radius 2 is 2.15 bits per heavy atom. The van der Waals surface area contributed by atoms with Crippen molar-refractivity contribution in [1.82, 2.24) is 15.5 Å². The van der Waals surface area contributed by atoms with Crippen molar-refractivity contribution in [2.24, 2.45) is 0 Å². The zero-order chi connectivity index (χ0) is 18.7. The first-order valence-corrected chi connectivity index (χ1v) is 8.50. The van der Waals surface area contributed by atoms with Crippen LogP contribution in [0.1, 0.15) is 54.7 Å². The van der Waals surface area contributed by atoms with E-state index in [2.05, 4.69) is 15.5 Å². The van der Waals surface area contributed by atoms with E-state index in [1.807, 2.05) is 0 Å². The van der Waals surface area contributed by atoms with E-state index in [4.69, 9.17) is 9.26 Å². The predicted octanol–water partition coefficient (Wildman–Crippen LogP) is 2.88. The summed E-state index contributed by atoms with van der Waals surface area (Å²) in [5.41, 5.74) is -0.760. The maximum absolute atomic E-state index is 12.8. The number of carbonyl (C=O) groups is 1. The molecule has 0 bridgehead atoms. The van der Waals surface area contributed by atoms with Gasteiger partial charge in [0.25, 0.3) is 5.91 Å². The van der Waals surface area contributed by atoms with Crippen molar-refractivity contribution >= 4 is 11.6 Å². The average Bonchev–Trinajstić information content (AvgIpc) is 3.25.